The molecule has 1 N–H and O–H groups in total. The molecule has 6 nitrogen and oxygen atoms in total. The summed E-state index contributed by atoms with van der Waals surface area (Å²) >= 11 is 0. The number of imidazole rings is 1. The second-order valence-corrected chi connectivity index (χ2v) is 2.87. The van der Waals surface area contributed by atoms with Gasteiger partial charge in [0, 0.05) is 18.5 Å². The summed E-state index contributed by atoms with van der Waals surface area (Å²) < 4.78 is 6.08. The van der Waals surface area contributed by atoms with Crippen molar-refractivity contribution in [3.8, 4) is 0 Å². The van der Waals surface area contributed by atoms with Crippen molar-refractivity contribution in [3.05, 3.63) is 30.9 Å². The first-order valence-corrected chi connectivity index (χ1v) is 4.79. The molecule has 0 aliphatic carbocycles. The third-order valence-electron chi connectivity index (χ3n) is 1.66. The molecule has 0 aromatic carbocycles. The minimum atomic E-state index is -0.417. The van der Waals surface area contributed by atoms with Crippen LogP contribution >= 0.6 is 0 Å². The minimum absolute atomic E-state index is 0.142. The van der Waals surface area contributed by atoms with Crippen LogP contribution < -0.4 is 5.32 Å². The number of aromatic nitrogens is 2. The van der Waals surface area contributed by atoms with Gasteiger partial charge in [0.2, 0.25) is 0 Å². The van der Waals surface area contributed by atoms with Gasteiger partial charge in [-0.15, -0.1) is 0 Å². The van der Waals surface area contributed by atoms with E-state index in [1.807, 2.05) is 0 Å². The molecule has 0 aliphatic rings. The van der Waals surface area contributed by atoms with Crippen LogP contribution in [-0.4, -0.2) is 34.7 Å². The molecule has 1 amide bonds. The normalized spacial score (nSPS) is 10.3. The van der Waals surface area contributed by atoms with Gasteiger partial charge in [0.1, 0.15) is 12.9 Å². The smallest absolute Gasteiger partial charge is 0.330 e. The van der Waals surface area contributed by atoms with E-state index in [-0.39, 0.29) is 19.2 Å². The first-order chi connectivity index (χ1) is 7.74. The Kier molecular flexibility index (Phi) is 4.78. The summed E-state index contributed by atoms with van der Waals surface area (Å²) in [7, 11) is 0. The quantitative estimate of drug-likeness (QED) is 0.460. The van der Waals surface area contributed by atoms with Crippen molar-refractivity contribution in [2.75, 3.05) is 13.2 Å². The van der Waals surface area contributed by atoms with Crippen LogP contribution in [0.5, 0.6) is 0 Å². The van der Waals surface area contributed by atoms with E-state index < -0.39 is 5.97 Å². The first-order valence-electron chi connectivity index (χ1n) is 4.79. The number of carbonyl (C=O) groups excluding carboxylic acids is 2. The number of carbonyl (C=O) groups is 2. The number of rotatable bonds is 4. The third kappa shape index (κ3) is 3.95. The highest BCUT2D eigenvalue weighted by molar-refractivity contribution is 5.81. The molecule has 0 saturated carbocycles. The lowest BCUT2D eigenvalue weighted by molar-refractivity contribution is -0.137. The Hall–Kier alpha value is -2.11. The van der Waals surface area contributed by atoms with Crippen LogP contribution in [0, 0.1) is 0 Å². The summed E-state index contributed by atoms with van der Waals surface area (Å²) in [5, 5.41) is 2.57. The predicted molar refractivity (Wildman–Crippen MR) is 56.8 cm³/mol. The molecular weight excluding hydrogens is 210 g/mol. The van der Waals surface area contributed by atoms with E-state index in [1.165, 1.54) is 29.4 Å². The second-order valence-electron chi connectivity index (χ2n) is 2.87. The van der Waals surface area contributed by atoms with E-state index in [2.05, 4.69) is 10.3 Å². The number of amides is 1. The molecule has 0 unspecified atom stereocenters. The monoisotopic (exact) mass is 223 g/mol. The standard InChI is InChI=1S/C10H13N3O3/c1-2-3-9(14)16-7-5-12-10(15)13-6-4-11-8-13/h2-4,6,8H,5,7H2,1H3,(H,12,15). The Morgan fingerprint density at radius 2 is 2.38 bits per heavy atom. The lowest BCUT2D eigenvalue weighted by atomic mass is 10.5. The Balaban J connectivity index is 2.17. The maximum atomic E-state index is 11.3. The average molecular weight is 223 g/mol. The van der Waals surface area contributed by atoms with E-state index in [4.69, 9.17) is 4.74 Å². The molecule has 1 aromatic rings. The van der Waals surface area contributed by atoms with Crippen molar-refractivity contribution in [1.29, 1.82) is 0 Å². The largest absolute Gasteiger partial charge is 0.461 e. The maximum absolute atomic E-state index is 11.3. The number of ether oxygens (including phenoxy) is 1. The first kappa shape index (κ1) is 12.0. The topological polar surface area (TPSA) is 73.2 Å². The zero-order valence-corrected chi connectivity index (χ0v) is 8.92. The van der Waals surface area contributed by atoms with Crippen molar-refractivity contribution in [2.24, 2.45) is 0 Å². The number of hydrogen-bond acceptors (Lipinski definition) is 4. The highest BCUT2D eigenvalue weighted by Crippen LogP contribution is 1.85. The molecule has 0 radical (unpaired) electrons. The van der Waals surface area contributed by atoms with Crippen LogP contribution in [0.1, 0.15) is 6.92 Å². The molecular formula is C10H13N3O3. The fourth-order valence-electron chi connectivity index (χ4n) is 0.964. The summed E-state index contributed by atoms with van der Waals surface area (Å²) in [4.78, 5) is 25.9. The number of nitrogens with zero attached hydrogens (tertiary/aromatic N) is 2. The number of allylic oxidation sites excluding steroid dienone is 1. The van der Waals surface area contributed by atoms with Gasteiger partial charge < -0.3 is 10.1 Å². The molecule has 0 spiro atoms. The lowest BCUT2D eigenvalue weighted by Crippen LogP contribution is -2.31. The predicted octanol–water partition coefficient (Wildman–Crippen LogP) is 0.560. The van der Waals surface area contributed by atoms with E-state index >= 15 is 0 Å². The van der Waals surface area contributed by atoms with Crippen LogP contribution in [0.4, 0.5) is 4.79 Å². The van der Waals surface area contributed by atoms with E-state index in [9.17, 15) is 9.59 Å². The molecule has 0 fully saturated rings. The SMILES string of the molecule is CC=CC(=O)OCCNC(=O)n1ccnc1. The molecule has 1 rings (SSSR count). The summed E-state index contributed by atoms with van der Waals surface area (Å²) in [6.45, 7) is 2.13. The average Bonchev–Trinajstić information content (AvgIpc) is 2.78. The highest BCUT2D eigenvalue weighted by atomic mass is 16.5. The fourth-order valence-corrected chi connectivity index (χ4v) is 0.964. The zero-order chi connectivity index (χ0) is 11.8. The highest BCUT2D eigenvalue weighted by Gasteiger charge is 2.02. The molecule has 1 heterocycles. The molecule has 0 bridgehead atoms. The maximum Gasteiger partial charge on any atom is 0.330 e. The summed E-state index contributed by atoms with van der Waals surface area (Å²) in [5.74, 6) is -0.417. The van der Waals surface area contributed by atoms with E-state index in [1.54, 1.807) is 13.0 Å². The lowest BCUT2D eigenvalue weighted by Gasteiger charge is -2.05. The molecule has 1 aromatic heterocycles. The summed E-state index contributed by atoms with van der Waals surface area (Å²) in [6.07, 6.45) is 7.33. The number of nitrogens with one attached hydrogen (secondary N) is 1. The van der Waals surface area contributed by atoms with Gasteiger partial charge >= 0.3 is 12.0 Å². The van der Waals surface area contributed by atoms with Crippen LogP contribution in [0.25, 0.3) is 0 Å². The molecule has 16 heavy (non-hydrogen) atoms. The van der Waals surface area contributed by atoms with Gasteiger partial charge in [0.05, 0.1) is 6.54 Å². The van der Waals surface area contributed by atoms with Crippen molar-refractivity contribution in [3.63, 3.8) is 0 Å². The summed E-state index contributed by atoms with van der Waals surface area (Å²) in [5.41, 5.74) is 0. The van der Waals surface area contributed by atoms with Crippen LogP contribution in [-0.2, 0) is 9.53 Å². The van der Waals surface area contributed by atoms with Gasteiger partial charge in [0.15, 0.2) is 0 Å². The van der Waals surface area contributed by atoms with Gasteiger partial charge in [-0.3, -0.25) is 4.57 Å². The Morgan fingerprint density at radius 3 is 3.00 bits per heavy atom. The third-order valence-corrected chi connectivity index (χ3v) is 1.66. The second kappa shape index (κ2) is 6.39. The minimum Gasteiger partial charge on any atom is -0.461 e. The molecule has 0 atom stereocenters. The fraction of sp³-hybridized carbons (Fsp3) is 0.300. The van der Waals surface area contributed by atoms with Gasteiger partial charge in [0.25, 0.3) is 0 Å². The van der Waals surface area contributed by atoms with E-state index in [0.29, 0.717) is 0 Å². The van der Waals surface area contributed by atoms with Gasteiger partial charge in [-0.25, -0.2) is 14.6 Å². The summed E-state index contributed by atoms with van der Waals surface area (Å²) in [6, 6.07) is -0.306. The number of esters is 1. The Labute approximate surface area is 92.9 Å². The van der Waals surface area contributed by atoms with Crippen molar-refractivity contribution in [2.45, 2.75) is 6.92 Å². The van der Waals surface area contributed by atoms with Gasteiger partial charge in [-0.1, -0.05) is 6.08 Å². The number of hydrogen-bond donors (Lipinski definition) is 1. The van der Waals surface area contributed by atoms with Crippen molar-refractivity contribution < 1.29 is 14.3 Å². The van der Waals surface area contributed by atoms with Crippen LogP contribution in [0.3, 0.4) is 0 Å². The Bertz CT molecular complexity index is 371. The molecule has 86 valence electrons. The van der Waals surface area contributed by atoms with Crippen LogP contribution in [0.2, 0.25) is 0 Å². The van der Waals surface area contributed by atoms with Gasteiger partial charge in [-0.05, 0) is 6.92 Å². The van der Waals surface area contributed by atoms with Crippen molar-refractivity contribution >= 4 is 12.0 Å². The molecule has 0 saturated heterocycles. The zero-order valence-electron chi connectivity index (χ0n) is 8.92. The van der Waals surface area contributed by atoms with Crippen LogP contribution in [0.15, 0.2) is 30.9 Å². The molecule has 0 aliphatic heterocycles. The van der Waals surface area contributed by atoms with Gasteiger partial charge in [-0.2, -0.15) is 0 Å². The van der Waals surface area contributed by atoms with E-state index in [0.717, 1.165) is 0 Å². The van der Waals surface area contributed by atoms with Crippen molar-refractivity contribution in [1.82, 2.24) is 14.9 Å². The molecule has 6 heteroatoms. The Morgan fingerprint density at radius 1 is 1.56 bits per heavy atom.